The molecule has 5 saturated carbocycles. The second-order valence-electron chi connectivity index (χ2n) is 11.7. The van der Waals surface area contributed by atoms with Crippen molar-refractivity contribution in [1.29, 1.82) is 0 Å². The van der Waals surface area contributed by atoms with Gasteiger partial charge in [-0.3, -0.25) is 4.79 Å². The van der Waals surface area contributed by atoms with Gasteiger partial charge in [-0.15, -0.1) is 0 Å². The number of carboxylic acids is 1. The Labute approximate surface area is 160 Å². The predicted octanol–water partition coefficient (Wildman–Crippen LogP) is 3.70. The average Bonchev–Trinajstić information content (AvgIpc) is 3.43. The van der Waals surface area contributed by atoms with Gasteiger partial charge < -0.3 is 9.84 Å². The molecule has 8 rings (SSSR count). The highest BCUT2D eigenvalue weighted by Crippen LogP contribution is 2.78. The Balaban J connectivity index is 1.17. The van der Waals surface area contributed by atoms with E-state index >= 15 is 0 Å². The fourth-order valence-electron chi connectivity index (χ4n) is 11.5. The van der Waals surface area contributed by atoms with Crippen molar-refractivity contribution in [2.45, 2.75) is 44.8 Å². The topological polar surface area (TPSA) is 46.5 Å². The summed E-state index contributed by atoms with van der Waals surface area (Å²) >= 11 is 0. The minimum Gasteiger partial charge on any atom is -0.481 e. The van der Waals surface area contributed by atoms with E-state index in [1.54, 1.807) is 0 Å². The first-order valence-electron chi connectivity index (χ1n) is 11.7. The zero-order chi connectivity index (χ0) is 17.8. The van der Waals surface area contributed by atoms with Gasteiger partial charge >= 0.3 is 5.97 Å². The van der Waals surface area contributed by atoms with Crippen LogP contribution in [0.5, 0.6) is 0 Å². The summed E-state index contributed by atoms with van der Waals surface area (Å²) in [5.41, 5.74) is 0. The van der Waals surface area contributed by atoms with Crippen molar-refractivity contribution in [1.82, 2.24) is 0 Å². The van der Waals surface area contributed by atoms with Crippen molar-refractivity contribution >= 4 is 5.97 Å². The SMILES string of the molecule is CC1C(CC(=O)O)C2CC1C1C3OC(C21)C1C2CC(C4C5C=CC(C5)C24)C31. The molecule has 2 aliphatic heterocycles. The van der Waals surface area contributed by atoms with Gasteiger partial charge in [0.25, 0.3) is 0 Å². The normalized spacial score (nSPS) is 70.1. The lowest BCUT2D eigenvalue weighted by molar-refractivity contribution is -0.139. The van der Waals surface area contributed by atoms with Gasteiger partial charge in [-0.25, -0.2) is 0 Å². The predicted molar refractivity (Wildman–Crippen MR) is 98.4 cm³/mol. The van der Waals surface area contributed by atoms with E-state index in [1.165, 1.54) is 19.3 Å². The lowest BCUT2D eigenvalue weighted by Crippen LogP contribution is -2.51. The molecule has 144 valence electrons. The summed E-state index contributed by atoms with van der Waals surface area (Å²) in [5, 5.41) is 9.45. The summed E-state index contributed by atoms with van der Waals surface area (Å²) in [5.74, 6) is 10.6. The third-order valence-corrected chi connectivity index (χ3v) is 11.7. The maximum absolute atomic E-state index is 11.5. The first-order valence-corrected chi connectivity index (χ1v) is 11.7. The lowest BCUT2D eigenvalue weighted by Gasteiger charge is -2.49. The number of fused-ring (bicyclic) bond motifs is 23. The van der Waals surface area contributed by atoms with Gasteiger partial charge in [-0.2, -0.15) is 0 Å². The molecule has 0 spiro atoms. The van der Waals surface area contributed by atoms with Crippen LogP contribution in [0.1, 0.15) is 32.6 Å². The van der Waals surface area contributed by atoms with Gasteiger partial charge in [0.15, 0.2) is 0 Å². The second kappa shape index (κ2) is 4.50. The summed E-state index contributed by atoms with van der Waals surface area (Å²) in [6, 6.07) is 0. The van der Waals surface area contributed by atoms with Crippen LogP contribution >= 0.6 is 0 Å². The van der Waals surface area contributed by atoms with Crippen LogP contribution in [-0.2, 0) is 9.53 Å². The fourth-order valence-corrected chi connectivity index (χ4v) is 11.5. The van der Waals surface area contributed by atoms with Crippen molar-refractivity contribution in [3.8, 4) is 0 Å². The molecule has 2 heterocycles. The van der Waals surface area contributed by atoms with Crippen LogP contribution < -0.4 is 0 Å². The Morgan fingerprint density at radius 1 is 0.852 bits per heavy atom. The van der Waals surface area contributed by atoms with E-state index in [0.29, 0.717) is 42.3 Å². The zero-order valence-corrected chi connectivity index (χ0v) is 16.0. The highest BCUT2D eigenvalue weighted by Gasteiger charge is 2.77. The Bertz CT molecular complexity index is 774. The van der Waals surface area contributed by atoms with Gasteiger partial charge in [-0.1, -0.05) is 19.1 Å². The Morgan fingerprint density at radius 2 is 1.41 bits per heavy atom. The van der Waals surface area contributed by atoms with E-state index in [4.69, 9.17) is 4.74 Å². The molecule has 6 aliphatic carbocycles. The molecule has 0 aromatic rings. The van der Waals surface area contributed by atoms with Crippen molar-refractivity contribution in [2.75, 3.05) is 0 Å². The van der Waals surface area contributed by atoms with E-state index < -0.39 is 5.97 Å². The first kappa shape index (κ1) is 15.1. The fraction of sp³-hybridized carbons (Fsp3) is 0.875. The smallest absolute Gasteiger partial charge is 0.303 e. The van der Waals surface area contributed by atoms with E-state index in [0.717, 1.165) is 59.2 Å². The minimum absolute atomic E-state index is 0.391. The van der Waals surface area contributed by atoms with Gasteiger partial charge in [0.05, 0.1) is 12.2 Å². The van der Waals surface area contributed by atoms with E-state index in [9.17, 15) is 9.90 Å². The standard InChI is InChI=1S/C24H30O3/c1-8-11(7-16(25)26)13-5-12(8)19-20(13)24-22-15-6-14(21(22)23(19)27-24)17-9-2-3-10(4-9)18(15)17/h2-3,8-15,17-24H,4-7H2,1H3,(H,25,26). The highest BCUT2D eigenvalue weighted by atomic mass is 16.5. The molecule has 1 N–H and O–H groups in total. The molecule has 0 aromatic carbocycles. The Hall–Kier alpha value is -0.830. The summed E-state index contributed by atoms with van der Waals surface area (Å²) < 4.78 is 6.86. The molecule has 3 heteroatoms. The van der Waals surface area contributed by atoms with E-state index in [1.807, 2.05) is 0 Å². The Kier molecular flexibility index (Phi) is 2.51. The van der Waals surface area contributed by atoms with Gasteiger partial charge in [0, 0.05) is 6.42 Å². The van der Waals surface area contributed by atoms with Crippen LogP contribution in [0.25, 0.3) is 0 Å². The number of carboxylic acid groups (broad SMARTS) is 1. The molecule has 0 aromatic heterocycles. The molecule has 0 amide bonds. The lowest BCUT2D eigenvalue weighted by atomic mass is 9.53. The molecule has 16 unspecified atom stereocenters. The van der Waals surface area contributed by atoms with Crippen LogP contribution in [0, 0.1) is 82.9 Å². The maximum Gasteiger partial charge on any atom is 0.303 e. The Morgan fingerprint density at radius 3 is 2.04 bits per heavy atom. The molecule has 7 fully saturated rings. The number of carbonyl (C=O) groups is 1. The summed E-state index contributed by atoms with van der Waals surface area (Å²) in [4.78, 5) is 11.5. The van der Waals surface area contributed by atoms with Crippen LogP contribution in [0.3, 0.4) is 0 Å². The summed E-state index contributed by atoms with van der Waals surface area (Å²) in [7, 11) is 0. The van der Waals surface area contributed by atoms with Crippen molar-refractivity contribution < 1.29 is 14.6 Å². The largest absolute Gasteiger partial charge is 0.481 e. The molecule has 2 saturated heterocycles. The zero-order valence-electron chi connectivity index (χ0n) is 16.0. The van der Waals surface area contributed by atoms with E-state index in [2.05, 4.69) is 19.1 Å². The number of aliphatic carboxylic acids is 1. The second-order valence-corrected chi connectivity index (χ2v) is 11.7. The first-order chi connectivity index (χ1) is 13.1. The summed E-state index contributed by atoms with van der Waals surface area (Å²) in [6.07, 6.45) is 10.8. The molecule has 3 nitrogen and oxygen atoms in total. The monoisotopic (exact) mass is 366 g/mol. The number of ether oxygens (including phenoxy) is 1. The summed E-state index contributed by atoms with van der Waals surface area (Å²) in [6.45, 7) is 2.36. The molecule has 0 radical (unpaired) electrons. The average molecular weight is 367 g/mol. The number of hydrogen-bond donors (Lipinski definition) is 1. The van der Waals surface area contributed by atoms with Crippen molar-refractivity contribution in [3.05, 3.63) is 12.2 Å². The van der Waals surface area contributed by atoms with Crippen LogP contribution in [0.2, 0.25) is 0 Å². The highest BCUT2D eigenvalue weighted by molar-refractivity contribution is 5.67. The van der Waals surface area contributed by atoms with Gasteiger partial charge in [0.1, 0.15) is 0 Å². The molecular formula is C24H30O3. The maximum atomic E-state index is 11.5. The molecule has 8 aliphatic rings. The minimum atomic E-state index is -0.588. The third kappa shape index (κ3) is 1.46. The quantitative estimate of drug-likeness (QED) is 0.599. The van der Waals surface area contributed by atoms with Gasteiger partial charge in [0.2, 0.25) is 0 Å². The third-order valence-electron chi connectivity index (χ3n) is 11.7. The van der Waals surface area contributed by atoms with Crippen LogP contribution in [0.4, 0.5) is 0 Å². The number of hydrogen-bond acceptors (Lipinski definition) is 2. The molecule has 16 atom stereocenters. The van der Waals surface area contributed by atoms with Crippen molar-refractivity contribution in [2.24, 2.45) is 82.9 Å². The number of allylic oxidation sites excluding steroid dienone is 2. The molecule has 8 bridgehead atoms. The van der Waals surface area contributed by atoms with Crippen LogP contribution in [0.15, 0.2) is 12.2 Å². The molecular weight excluding hydrogens is 336 g/mol. The molecule has 27 heavy (non-hydrogen) atoms. The number of rotatable bonds is 2. The van der Waals surface area contributed by atoms with E-state index in [-0.39, 0.29) is 0 Å². The van der Waals surface area contributed by atoms with Gasteiger partial charge in [-0.05, 0) is 102 Å². The van der Waals surface area contributed by atoms with Crippen molar-refractivity contribution in [3.63, 3.8) is 0 Å². The van der Waals surface area contributed by atoms with Crippen LogP contribution in [-0.4, -0.2) is 23.3 Å².